The molecule has 0 bridgehead atoms. The summed E-state index contributed by atoms with van der Waals surface area (Å²) in [5.74, 6) is 1.29. The maximum atomic E-state index is 11.9. The topological polar surface area (TPSA) is 38.3 Å². The number of hydrogen-bond donors (Lipinski definition) is 1. The number of methoxy groups -OCH3 is 1. The van der Waals surface area contributed by atoms with E-state index in [-0.39, 0.29) is 5.91 Å². The van der Waals surface area contributed by atoms with Crippen LogP contribution < -0.4 is 10.1 Å². The summed E-state index contributed by atoms with van der Waals surface area (Å²) < 4.78 is 5.11. The van der Waals surface area contributed by atoms with Crippen LogP contribution >= 0.6 is 11.8 Å². The zero-order valence-corrected chi connectivity index (χ0v) is 14.0. The highest BCUT2D eigenvalue weighted by atomic mass is 32.2. The third kappa shape index (κ3) is 4.81. The lowest BCUT2D eigenvalue weighted by molar-refractivity contribution is -0.118. The summed E-state index contributed by atoms with van der Waals surface area (Å²) in [5, 5.41) is 2.94. The van der Waals surface area contributed by atoms with Gasteiger partial charge < -0.3 is 10.1 Å². The van der Waals surface area contributed by atoms with E-state index >= 15 is 0 Å². The standard InChI is InChI=1S/C18H21NO2S/c1-13-4-9-17(14(2)10-13)22-12-18(20)19-11-15-5-7-16(21-3)8-6-15/h4-10H,11-12H2,1-3H3,(H,19,20). The second kappa shape index (κ2) is 7.90. The summed E-state index contributed by atoms with van der Waals surface area (Å²) in [4.78, 5) is 13.1. The molecule has 3 nitrogen and oxygen atoms in total. The molecule has 0 radical (unpaired) electrons. The number of hydrogen-bond acceptors (Lipinski definition) is 3. The van der Waals surface area contributed by atoms with Crippen molar-refractivity contribution in [3.63, 3.8) is 0 Å². The van der Waals surface area contributed by atoms with Crippen molar-refractivity contribution in [2.75, 3.05) is 12.9 Å². The molecule has 1 amide bonds. The molecule has 0 atom stereocenters. The summed E-state index contributed by atoms with van der Waals surface area (Å²) in [5.41, 5.74) is 3.52. The maximum absolute atomic E-state index is 11.9. The van der Waals surface area contributed by atoms with E-state index in [0.717, 1.165) is 16.2 Å². The van der Waals surface area contributed by atoms with Crippen molar-refractivity contribution in [3.8, 4) is 5.75 Å². The lowest BCUT2D eigenvalue weighted by atomic mass is 10.2. The van der Waals surface area contributed by atoms with E-state index in [1.54, 1.807) is 18.9 Å². The molecule has 2 aromatic rings. The third-order valence-electron chi connectivity index (χ3n) is 3.34. The number of aryl methyl sites for hydroxylation is 2. The van der Waals surface area contributed by atoms with Gasteiger partial charge in [-0.25, -0.2) is 0 Å². The fourth-order valence-electron chi connectivity index (χ4n) is 2.10. The van der Waals surface area contributed by atoms with Crippen molar-refractivity contribution in [1.29, 1.82) is 0 Å². The Morgan fingerprint density at radius 3 is 2.50 bits per heavy atom. The zero-order valence-electron chi connectivity index (χ0n) is 13.2. The Labute approximate surface area is 136 Å². The summed E-state index contributed by atoms with van der Waals surface area (Å²) in [7, 11) is 1.64. The number of benzene rings is 2. The Hall–Kier alpha value is -1.94. The largest absolute Gasteiger partial charge is 0.497 e. The van der Waals surface area contributed by atoms with Crippen LogP contribution in [0.15, 0.2) is 47.4 Å². The molecule has 0 unspecified atom stereocenters. The lowest BCUT2D eigenvalue weighted by Gasteiger charge is -2.08. The maximum Gasteiger partial charge on any atom is 0.230 e. The first kappa shape index (κ1) is 16.4. The quantitative estimate of drug-likeness (QED) is 0.826. The summed E-state index contributed by atoms with van der Waals surface area (Å²) in [6.07, 6.45) is 0. The normalized spacial score (nSPS) is 10.3. The predicted octanol–water partition coefficient (Wildman–Crippen LogP) is 3.72. The molecule has 116 valence electrons. The Morgan fingerprint density at radius 2 is 1.86 bits per heavy atom. The van der Waals surface area contributed by atoms with Crippen molar-refractivity contribution in [2.24, 2.45) is 0 Å². The Kier molecular flexibility index (Phi) is 5.90. The molecule has 0 aliphatic carbocycles. The van der Waals surface area contributed by atoms with Crippen LogP contribution in [0.25, 0.3) is 0 Å². The van der Waals surface area contributed by atoms with Gasteiger partial charge in [0.15, 0.2) is 0 Å². The second-order valence-electron chi connectivity index (χ2n) is 5.18. The van der Waals surface area contributed by atoms with Crippen LogP contribution in [0.4, 0.5) is 0 Å². The lowest BCUT2D eigenvalue weighted by Crippen LogP contribution is -2.24. The Morgan fingerprint density at radius 1 is 1.14 bits per heavy atom. The van der Waals surface area contributed by atoms with E-state index in [1.165, 1.54) is 11.1 Å². The van der Waals surface area contributed by atoms with Crippen LogP contribution in [-0.2, 0) is 11.3 Å². The van der Waals surface area contributed by atoms with Gasteiger partial charge in [0.05, 0.1) is 12.9 Å². The van der Waals surface area contributed by atoms with E-state index < -0.39 is 0 Å². The molecule has 0 spiro atoms. The van der Waals surface area contributed by atoms with Crippen LogP contribution in [0, 0.1) is 13.8 Å². The van der Waals surface area contributed by atoms with Gasteiger partial charge in [0.2, 0.25) is 5.91 Å². The van der Waals surface area contributed by atoms with Gasteiger partial charge in [-0.05, 0) is 43.2 Å². The molecule has 0 aliphatic heterocycles. The minimum atomic E-state index is 0.0424. The summed E-state index contributed by atoms with van der Waals surface area (Å²) >= 11 is 1.57. The molecule has 22 heavy (non-hydrogen) atoms. The van der Waals surface area contributed by atoms with Gasteiger partial charge in [-0.3, -0.25) is 4.79 Å². The zero-order chi connectivity index (χ0) is 15.9. The number of carbonyl (C=O) groups excluding carboxylic acids is 1. The van der Waals surface area contributed by atoms with Crippen LogP contribution in [0.3, 0.4) is 0 Å². The van der Waals surface area contributed by atoms with Gasteiger partial charge in [0.25, 0.3) is 0 Å². The molecule has 4 heteroatoms. The van der Waals surface area contributed by atoms with Gasteiger partial charge >= 0.3 is 0 Å². The second-order valence-corrected chi connectivity index (χ2v) is 6.20. The Bertz CT molecular complexity index is 638. The number of ether oxygens (including phenoxy) is 1. The highest BCUT2D eigenvalue weighted by Crippen LogP contribution is 2.22. The molecule has 0 saturated heterocycles. The molecule has 2 rings (SSSR count). The van der Waals surface area contributed by atoms with Crippen LogP contribution in [0.1, 0.15) is 16.7 Å². The summed E-state index contributed by atoms with van der Waals surface area (Å²) in [6, 6.07) is 14.0. The van der Waals surface area contributed by atoms with Crippen molar-refractivity contribution < 1.29 is 9.53 Å². The highest BCUT2D eigenvalue weighted by Gasteiger charge is 2.05. The molecule has 2 aromatic carbocycles. The van der Waals surface area contributed by atoms with Crippen molar-refractivity contribution in [3.05, 3.63) is 59.2 Å². The van der Waals surface area contributed by atoms with Crippen molar-refractivity contribution >= 4 is 17.7 Å². The molecule has 0 heterocycles. The molecule has 0 fully saturated rings. The Balaban J connectivity index is 1.80. The first-order valence-electron chi connectivity index (χ1n) is 7.18. The van der Waals surface area contributed by atoms with Gasteiger partial charge in [-0.15, -0.1) is 11.8 Å². The van der Waals surface area contributed by atoms with Crippen LogP contribution in [-0.4, -0.2) is 18.8 Å². The average Bonchev–Trinajstić information content (AvgIpc) is 2.52. The van der Waals surface area contributed by atoms with Crippen molar-refractivity contribution in [1.82, 2.24) is 5.32 Å². The van der Waals surface area contributed by atoms with E-state index in [9.17, 15) is 4.79 Å². The number of amides is 1. The van der Waals surface area contributed by atoms with Crippen LogP contribution in [0.5, 0.6) is 5.75 Å². The predicted molar refractivity (Wildman–Crippen MR) is 91.5 cm³/mol. The fourth-order valence-corrected chi connectivity index (χ4v) is 2.94. The molecule has 0 aliphatic rings. The molecule has 1 N–H and O–H groups in total. The molecular formula is C18H21NO2S. The third-order valence-corrected chi connectivity index (χ3v) is 4.51. The summed E-state index contributed by atoms with van der Waals surface area (Å²) in [6.45, 7) is 4.68. The van der Waals surface area contributed by atoms with Crippen LogP contribution in [0.2, 0.25) is 0 Å². The van der Waals surface area contributed by atoms with E-state index in [2.05, 4.69) is 37.4 Å². The smallest absolute Gasteiger partial charge is 0.230 e. The monoisotopic (exact) mass is 315 g/mol. The number of rotatable bonds is 6. The first-order valence-corrected chi connectivity index (χ1v) is 8.16. The van der Waals surface area contributed by atoms with Gasteiger partial charge in [0, 0.05) is 11.4 Å². The number of carbonyl (C=O) groups is 1. The number of thioether (sulfide) groups is 1. The SMILES string of the molecule is COc1ccc(CNC(=O)CSc2ccc(C)cc2C)cc1. The van der Waals surface area contributed by atoms with Gasteiger partial charge in [0.1, 0.15) is 5.75 Å². The molecule has 0 aromatic heterocycles. The number of nitrogens with one attached hydrogen (secondary N) is 1. The highest BCUT2D eigenvalue weighted by molar-refractivity contribution is 8.00. The molecular weight excluding hydrogens is 294 g/mol. The minimum Gasteiger partial charge on any atom is -0.497 e. The first-order chi connectivity index (χ1) is 10.6. The molecule has 0 saturated carbocycles. The average molecular weight is 315 g/mol. The van der Waals surface area contributed by atoms with Gasteiger partial charge in [-0.1, -0.05) is 29.8 Å². The van der Waals surface area contributed by atoms with E-state index in [1.807, 2.05) is 24.3 Å². The van der Waals surface area contributed by atoms with E-state index in [0.29, 0.717) is 12.3 Å². The minimum absolute atomic E-state index is 0.0424. The fraction of sp³-hybridized carbons (Fsp3) is 0.278. The van der Waals surface area contributed by atoms with Gasteiger partial charge in [-0.2, -0.15) is 0 Å². The van der Waals surface area contributed by atoms with E-state index in [4.69, 9.17) is 4.74 Å². The van der Waals surface area contributed by atoms with Crippen molar-refractivity contribution in [2.45, 2.75) is 25.3 Å².